The van der Waals surface area contributed by atoms with E-state index in [9.17, 15) is 9.59 Å². The third-order valence-corrected chi connectivity index (χ3v) is 7.48. The largest absolute Gasteiger partial charge is 0.463 e. The summed E-state index contributed by atoms with van der Waals surface area (Å²) in [7, 11) is 0. The first-order valence-electron chi connectivity index (χ1n) is 10.7. The highest BCUT2D eigenvalue weighted by Gasteiger charge is 2.54. The molecule has 0 aliphatic heterocycles. The van der Waals surface area contributed by atoms with Crippen LogP contribution in [0.2, 0.25) is 0 Å². The van der Waals surface area contributed by atoms with Gasteiger partial charge in [-0.25, -0.2) is 0 Å². The van der Waals surface area contributed by atoms with E-state index < -0.39 is 0 Å². The smallest absolute Gasteiger partial charge is 0.306 e. The minimum atomic E-state index is -0.111. The molecule has 3 nitrogen and oxygen atoms in total. The van der Waals surface area contributed by atoms with Crippen molar-refractivity contribution in [3.05, 3.63) is 34.9 Å². The average Bonchev–Trinajstić information content (AvgIpc) is 2.94. The third-order valence-electron chi connectivity index (χ3n) is 7.48. The number of esters is 1. The van der Waals surface area contributed by atoms with Crippen LogP contribution in [-0.4, -0.2) is 17.9 Å². The molecule has 0 aromatic heterocycles. The summed E-state index contributed by atoms with van der Waals surface area (Å²) in [5.74, 6) is 2.29. The van der Waals surface area contributed by atoms with Gasteiger partial charge in [0.25, 0.3) is 0 Å². The summed E-state index contributed by atoms with van der Waals surface area (Å²) in [5, 5.41) is 0. The molecule has 4 atom stereocenters. The molecule has 2 saturated carbocycles. The molecule has 0 saturated heterocycles. The normalized spacial score (nSPS) is 32.0. The molecule has 0 N–H and O–H groups in total. The van der Waals surface area contributed by atoms with Gasteiger partial charge in [0.05, 0.1) is 6.10 Å². The van der Waals surface area contributed by atoms with E-state index in [-0.39, 0.29) is 17.5 Å². The number of Topliss-reactive ketones (excluding diaryl/α,β-unsaturated/α-hetero) is 1. The fourth-order valence-corrected chi connectivity index (χ4v) is 6.13. The Morgan fingerprint density at radius 1 is 1.22 bits per heavy atom. The number of ketones is 1. The standard InChI is InChI=1S/C24H32O3/c1-15(2)27-23(26)11-5-16-4-7-18-17(14-16)6-8-20-19(18)12-13-24(3)21(20)9-10-22(24)25/h4,7,14-15,19-21H,5-6,8-13H2,1-3H3/t19-,20-,21+,24+/m1/s1. The van der Waals surface area contributed by atoms with Crippen LogP contribution in [0, 0.1) is 17.3 Å². The maximum atomic E-state index is 12.5. The van der Waals surface area contributed by atoms with Crippen LogP contribution >= 0.6 is 0 Å². The molecule has 0 bridgehead atoms. The van der Waals surface area contributed by atoms with Crippen molar-refractivity contribution in [2.24, 2.45) is 17.3 Å². The van der Waals surface area contributed by atoms with E-state index in [0.717, 1.165) is 38.5 Å². The van der Waals surface area contributed by atoms with Crippen molar-refractivity contribution < 1.29 is 14.3 Å². The maximum Gasteiger partial charge on any atom is 0.306 e. The van der Waals surface area contributed by atoms with Gasteiger partial charge in [0, 0.05) is 18.3 Å². The Hall–Kier alpha value is -1.64. The van der Waals surface area contributed by atoms with Crippen LogP contribution in [0.3, 0.4) is 0 Å². The molecule has 0 heterocycles. The van der Waals surface area contributed by atoms with Gasteiger partial charge in [0.1, 0.15) is 5.78 Å². The van der Waals surface area contributed by atoms with Crippen LogP contribution in [0.1, 0.15) is 81.9 Å². The first-order valence-corrected chi connectivity index (χ1v) is 10.7. The van der Waals surface area contributed by atoms with Crippen molar-refractivity contribution in [2.45, 2.75) is 84.2 Å². The van der Waals surface area contributed by atoms with Crippen LogP contribution < -0.4 is 0 Å². The van der Waals surface area contributed by atoms with Crippen LogP contribution in [0.4, 0.5) is 0 Å². The summed E-state index contributed by atoms with van der Waals surface area (Å²) in [6.45, 7) is 6.01. The van der Waals surface area contributed by atoms with Gasteiger partial charge in [0.15, 0.2) is 0 Å². The molecule has 1 aromatic carbocycles. The minimum absolute atomic E-state index is 0.0441. The van der Waals surface area contributed by atoms with E-state index in [1.807, 2.05) is 13.8 Å². The molecule has 3 heteroatoms. The predicted molar refractivity (Wildman–Crippen MR) is 106 cm³/mol. The van der Waals surface area contributed by atoms with E-state index in [1.54, 1.807) is 0 Å². The summed E-state index contributed by atoms with van der Waals surface area (Å²) in [6.07, 6.45) is 7.58. The quantitative estimate of drug-likeness (QED) is 0.703. The molecule has 2 fully saturated rings. The third kappa shape index (κ3) is 3.34. The van der Waals surface area contributed by atoms with E-state index in [0.29, 0.717) is 30.0 Å². The fourth-order valence-electron chi connectivity index (χ4n) is 6.13. The number of hydrogen-bond acceptors (Lipinski definition) is 3. The highest BCUT2D eigenvalue weighted by Crippen LogP contribution is 2.59. The van der Waals surface area contributed by atoms with Crippen molar-refractivity contribution in [1.29, 1.82) is 0 Å². The Morgan fingerprint density at radius 3 is 2.81 bits per heavy atom. The first-order chi connectivity index (χ1) is 12.9. The lowest BCUT2D eigenvalue weighted by molar-refractivity contribution is -0.147. The summed E-state index contributed by atoms with van der Waals surface area (Å²) >= 11 is 0. The van der Waals surface area contributed by atoms with Crippen LogP contribution in [0.25, 0.3) is 0 Å². The molecule has 3 aliphatic carbocycles. The van der Waals surface area contributed by atoms with E-state index in [4.69, 9.17) is 4.74 Å². The fraction of sp³-hybridized carbons (Fsp3) is 0.667. The number of fused-ring (bicyclic) bond motifs is 5. The Balaban J connectivity index is 1.48. The molecule has 0 spiro atoms. The second-order valence-corrected chi connectivity index (χ2v) is 9.41. The molecule has 27 heavy (non-hydrogen) atoms. The Morgan fingerprint density at radius 2 is 2.04 bits per heavy atom. The zero-order valence-corrected chi connectivity index (χ0v) is 16.9. The number of rotatable bonds is 4. The summed E-state index contributed by atoms with van der Waals surface area (Å²) in [6, 6.07) is 6.84. The number of aryl methyl sites for hydroxylation is 2. The Bertz CT molecular complexity index is 750. The molecule has 0 unspecified atom stereocenters. The Kier molecular flexibility index (Phi) is 4.90. The molecular weight excluding hydrogens is 336 g/mol. The van der Waals surface area contributed by atoms with Gasteiger partial charge in [-0.3, -0.25) is 9.59 Å². The van der Waals surface area contributed by atoms with Crippen molar-refractivity contribution in [2.75, 3.05) is 0 Å². The highest BCUT2D eigenvalue weighted by atomic mass is 16.5. The topological polar surface area (TPSA) is 43.4 Å². The molecule has 4 rings (SSSR count). The minimum Gasteiger partial charge on any atom is -0.463 e. The summed E-state index contributed by atoms with van der Waals surface area (Å²) in [5.41, 5.74) is 4.18. The van der Waals surface area contributed by atoms with E-state index >= 15 is 0 Å². The number of carbonyl (C=O) groups is 2. The van der Waals surface area contributed by atoms with E-state index in [1.165, 1.54) is 23.1 Å². The monoisotopic (exact) mass is 368 g/mol. The summed E-state index contributed by atoms with van der Waals surface area (Å²) < 4.78 is 5.25. The van der Waals surface area contributed by atoms with Gasteiger partial charge in [-0.15, -0.1) is 0 Å². The van der Waals surface area contributed by atoms with Crippen molar-refractivity contribution >= 4 is 11.8 Å². The first kappa shape index (κ1) is 18.7. The van der Waals surface area contributed by atoms with Gasteiger partial charge in [0.2, 0.25) is 0 Å². The van der Waals surface area contributed by atoms with Gasteiger partial charge < -0.3 is 4.74 Å². The van der Waals surface area contributed by atoms with Crippen molar-refractivity contribution in [1.82, 2.24) is 0 Å². The molecule has 1 aromatic rings. The highest BCUT2D eigenvalue weighted by molar-refractivity contribution is 5.87. The maximum absolute atomic E-state index is 12.5. The van der Waals surface area contributed by atoms with Gasteiger partial charge >= 0.3 is 5.97 Å². The Labute approximate surface area is 162 Å². The predicted octanol–water partition coefficient (Wildman–Crippen LogP) is 5.00. The molecule has 0 amide bonds. The van der Waals surface area contributed by atoms with Gasteiger partial charge in [-0.2, -0.15) is 0 Å². The second kappa shape index (κ2) is 7.07. The zero-order valence-electron chi connectivity index (χ0n) is 16.9. The molecule has 0 radical (unpaired) electrons. The van der Waals surface area contributed by atoms with Crippen LogP contribution in [0.5, 0.6) is 0 Å². The van der Waals surface area contributed by atoms with E-state index in [2.05, 4.69) is 25.1 Å². The average molecular weight is 369 g/mol. The lowest BCUT2D eigenvalue weighted by Crippen LogP contribution is -2.42. The lowest BCUT2D eigenvalue weighted by Gasteiger charge is -2.48. The molecule has 146 valence electrons. The SMILES string of the molecule is CC(C)OC(=O)CCc1ccc2c(c1)CC[C@@H]1[C@@H]2CC[C@]2(C)C(=O)CC[C@@H]12. The van der Waals surface area contributed by atoms with Gasteiger partial charge in [-0.05, 0) is 86.8 Å². The van der Waals surface area contributed by atoms with Gasteiger partial charge in [-0.1, -0.05) is 25.1 Å². The number of carbonyl (C=O) groups excluding carboxylic acids is 2. The lowest BCUT2D eigenvalue weighted by atomic mass is 9.55. The molecular formula is C24H32O3. The second-order valence-electron chi connectivity index (χ2n) is 9.41. The number of hydrogen-bond donors (Lipinski definition) is 0. The number of benzene rings is 1. The number of ether oxygens (including phenoxy) is 1. The molecule has 3 aliphatic rings. The van der Waals surface area contributed by atoms with Crippen molar-refractivity contribution in [3.63, 3.8) is 0 Å². The summed E-state index contributed by atoms with van der Waals surface area (Å²) in [4.78, 5) is 24.3. The van der Waals surface area contributed by atoms with Crippen LogP contribution in [-0.2, 0) is 27.2 Å². The van der Waals surface area contributed by atoms with Crippen molar-refractivity contribution in [3.8, 4) is 0 Å². The zero-order chi connectivity index (χ0) is 19.2. The van der Waals surface area contributed by atoms with Crippen LogP contribution in [0.15, 0.2) is 18.2 Å².